The highest BCUT2D eigenvalue weighted by Crippen LogP contribution is 2.34. The molecule has 2 heteroatoms. The van der Waals surface area contributed by atoms with Gasteiger partial charge in [-0.1, -0.05) is 25.5 Å². The van der Waals surface area contributed by atoms with Crippen molar-refractivity contribution in [1.29, 1.82) is 0 Å². The quantitative estimate of drug-likeness (QED) is 0.665. The summed E-state index contributed by atoms with van der Waals surface area (Å²) in [4.78, 5) is 0. The van der Waals surface area contributed by atoms with Crippen LogP contribution in [0.25, 0.3) is 0 Å². The van der Waals surface area contributed by atoms with Crippen molar-refractivity contribution in [1.82, 2.24) is 0 Å². The van der Waals surface area contributed by atoms with Gasteiger partial charge < -0.3 is 9.47 Å². The summed E-state index contributed by atoms with van der Waals surface area (Å²) in [6, 6.07) is 0. The van der Waals surface area contributed by atoms with E-state index in [-0.39, 0.29) is 0 Å². The number of hydrogen-bond acceptors (Lipinski definition) is 2. The molecule has 0 amide bonds. The lowest BCUT2D eigenvalue weighted by molar-refractivity contribution is 0.222. The summed E-state index contributed by atoms with van der Waals surface area (Å²) in [6.45, 7) is 5.17. The molecule has 0 heterocycles. The van der Waals surface area contributed by atoms with Crippen LogP contribution in [0.1, 0.15) is 33.1 Å². The number of allylic oxidation sites excluding steroid dienone is 2. The monoisotopic (exact) mass is 224 g/mol. The van der Waals surface area contributed by atoms with Crippen LogP contribution in [0.5, 0.6) is 0 Å². The Kier molecular flexibility index (Phi) is 5.61. The van der Waals surface area contributed by atoms with Crippen LogP contribution in [0.15, 0.2) is 23.5 Å². The van der Waals surface area contributed by atoms with Crippen LogP contribution in [0.3, 0.4) is 0 Å². The van der Waals surface area contributed by atoms with Gasteiger partial charge in [-0.15, -0.1) is 0 Å². The highest BCUT2D eigenvalue weighted by molar-refractivity contribution is 5.21. The van der Waals surface area contributed by atoms with Gasteiger partial charge in [-0.25, -0.2) is 0 Å². The molecule has 0 spiro atoms. The van der Waals surface area contributed by atoms with Gasteiger partial charge in [0.15, 0.2) is 0 Å². The molecule has 0 aromatic carbocycles. The molecule has 1 aliphatic carbocycles. The molecule has 1 unspecified atom stereocenters. The Morgan fingerprint density at radius 2 is 2.25 bits per heavy atom. The fourth-order valence-electron chi connectivity index (χ4n) is 2.37. The van der Waals surface area contributed by atoms with Crippen LogP contribution >= 0.6 is 0 Å². The Labute approximate surface area is 99.3 Å². The molecule has 0 aromatic rings. The average molecular weight is 224 g/mol. The number of hydrogen-bond donors (Lipinski definition) is 0. The van der Waals surface area contributed by atoms with Crippen LogP contribution in [-0.4, -0.2) is 20.8 Å². The zero-order chi connectivity index (χ0) is 12.0. The molecule has 16 heavy (non-hydrogen) atoms. The first-order valence-corrected chi connectivity index (χ1v) is 6.13. The van der Waals surface area contributed by atoms with Crippen molar-refractivity contribution in [3.05, 3.63) is 23.5 Å². The van der Waals surface area contributed by atoms with Crippen LogP contribution in [-0.2, 0) is 9.47 Å². The van der Waals surface area contributed by atoms with E-state index in [2.05, 4.69) is 26.0 Å². The summed E-state index contributed by atoms with van der Waals surface area (Å²) < 4.78 is 10.6. The Bertz CT molecular complexity index is 264. The van der Waals surface area contributed by atoms with Gasteiger partial charge in [-0.2, -0.15) is 0 Å². The van der Waals surface area contributed by atoms with E-state index in [1.54, 1.807) is 14.2 Å². The molecule has 1 aliphatic rings. The third-order valence-electron chi connectivity index (χ3n) is 3.18. The Hall–Kier alpha value is -0.760. The van der Waals surface area contributed by atoms with Crippen LogP contribution in [0.4, 0.5) is 0 Å². The lowest BCUT2D eigenvalue weighted by atomic mass is 9.82. The molecule has 1 rings (SSSR count). The van der Waals surface area contributed by atoms with Crippen LogP contribution in [0, 0.1) is 11.8 Å². The van der Waals surface area contributed by atoms with E-state index in [1.165, 1.54) is 18.4 Å². The molecule has 0 saturated heterocycles. The van der Waals surface area contributed by atoms with Gasteiger partial charge in [0, 0.05) is 13.0 Å². The number of ether oxygens (including phenoxy) is 2. The van der Waals surface area contributed by atoms with Crippen LogP contribution in [0.2, 0.25) is 0 Å². The van der Waals surface area contributed by atoms with Crippen molar-refractivity contribution in [2.75, 3.05) is 20.8 Å². The first-order chi connectivity index (χ1) is 7.70. The van der Waals surface area contributed by atoms with Crippen molar-refractivity contribution < 1.29 is 9.47 Å². The summed E-state index contributed by atoms with van der Waals surface area (Å²) >= 11 is 0. The lowest BCUT2D eigenvalue weighted by Gasteiger charge is -2.28. The van der Waals surface area contributed by atoms with Gasteiger partial charge in [0.25, 0.3) is 0 Å². The van der Waals surface area contributed by atoms with Gasteiger partial charge in [-0.3, -0.25) is 0 Å². The minimum atomic E-state index is 0.467. The van der Waals surface area contributed by atoms with E-state index in [9.17, 15) is 0 Å². The Morgan fingerprint density at radius 1 is 1.50 bits per heavy atom. The van der Waals surface area contributed by atoms with Gasteiger partial charge in [0.1, 0.15) is 0 Å². The molecule has 0 radical (unpaired) electrons. The van der Waals surface area contributed by atoms with Crippen molar-refractivity contribution in [2.45, 2.75) is 33.1 Å². The SMILES string of the molecule is COC/C=C(\C(C)C)C1CCCC=C1OC. The maximum Gasteiger partial charge on any atom is 0.0987 e. The van der Waals surface area contributed by atoms with Crippen molar-refractivity contribution >= 4 is 0 Å². The lowest BCUT2D eigenvalue weighted by Crippen LogP contribution is -2.17. The molecule has 0 aromatic heterocycles. The predicted octanol–water partition coefficient (Wildman–Crippen LogP) is 3.55. The van der Waals surface area contributed by atoms with Gasteiger partial charge in [0.05, 0.1) is 19.5 Å². The van der Waals surface area contributed by atoms with E-state index < -0.39 is 0 Å². The van der Waals surface area contributed by atoms with Crippen LogP contribution < -0.4 is 0 Å². The summed E-state index contributed by atoms with van der Waals surface area (Å²) in [7, 11) is 3.51. The highest BCUT2D eigenvalue weighted by atomic mass is 16.5. The van der Waals surface area contributed by atoms with Gasteiger partial charge in [-0.05, 0) is 31.3 Å². The Balaban J connectivity index is 2.84. The average Bonchev–Trinajstić information content (AvgIpc) is 2.29. The van der Waals surface area contributed by atoms with Crippen molar-refractivity contribution in [2.24, 2.45) is 11.8 Å². The van der Waals surface area contributed by atoms with E-state index >= 15 is 0 Å². The molecule has 1 atom stereocenters. The second-order valence-corrected chi connectivity index (χ2v) is 4.61. The van der Waals surface area contributed by atoms with Gasteiger partial charge in [0.2, 0.25) is 0 Å². The second kappa shape index (κ2) is 6.74. The summed E-state index contributed by atoms with van der Waals surface area (Å²) in [5, 5.41) is 0. The predicted molar refractivity (Wildman–Crippen MR) is 67.2 cm³/mol. The maximum atomic E-state index is 5.49. The fraction of sp³-hybridized carbons (Fsp3) is 0.714. The highest BCUT2D eigenvalue weighted by Gasteiger charge is 2.24. The molecule has 0 fully saturated rings. The number of methoxy groups -OCH3 is 2. The van der Waals surface area contributed by atoms with E-state index in [0.29, 0.717) is 18.4 Å². The molecule has 92 valence electrons. The van der Waals surface area contributed by atoms with E-state index in [4.69, 9.17) is 9.47 Å². The largest absolute Gasteiger partial charge is 0.501 e. The molecule has 0 saturated carbocycles. The summed E-state index contributed by atoms with van der Waals surface area (Å²) in [6.07, 6.45) is 8.06. The molecular formula is C14H24O2. The molecule has 0 bridgehead atoms. The second-order valence-electron chi connectivity index (χ2n) is 4.61. The molecular weight excluding hydrogens is 200 g/mol. The maximum absolute atomic E-state index is 5.49. The third-order valence-corrected chi connectivity index (χ3v) is 3.18. The minimum Gasteiger partial charge on any atom is -0.501 e. The summed E-state index contributed by atoms with van der Waals surface area (Å²) in [5.74, 6) is 2.16. The van der Waals surface area contributed by atoms with E-state index in [0.717, 1.165) is 12.2 Å². The van der Waals surface area contributed by atoms with Crippen molar-refractivity contribution in [3.8, 4) is 0 Å². The first kappa shape index (κ1) is 13.3. The topological polar surface area (TPSA) is 18.5 Å². The molecule has 2 nitrogen and oxygen atoms in total. The smallest absolute Gasteiger partial charge is 0.0987 e. The zero-order valence-corrected chi connectivity index (χ0v) is 11.0. The minimum absolute atomic E-state index is 0.467. The van der Waals surface area contributed by atoms with Crippen molar-refractivity contribution in [3.63, 3.8) is 0 Å². The normalized spacial score (nSPS) is 22.2. The Morgan fingerprint density at radius 3 is 2.81 bits per heavy atom. The first-order valence-electron chi connectivity index (χ1n) is 6.13. The fourth-order valence-corrected chi connectivity index (χ4v) is 2.37. The zero-order valence-electron chi connectivity index (χ0n) is 11.0. The summed E-state index contributed by atoms with van der Waals surface area (Å²) in [5.41, 5.74) is 1.45. The van der Waals surface area contributed by atoms with E-state index in [1.807, 2.05) is 0 Å². The van der Waals surface area contributed by atoms with Gasteiger partial charge >= 0.3 is 0 Å². The number of rotatable bonds is 5. The standard InChI is InChI=1S/C14H24O2/c1-11(2)12(9-10-15-3)13-7-5-6-8-14(13)16-4/h8-9,11,13H,5-7,10H2,1-4H3/b12-9+. The third kappa shape index (κ3) is 3.38. The molecule has 0 aliphatic heterocycles. The molecule has 0 N–H and O–H groups in total.